The molecule has 1 aromatic rings. The van der Waals surface area contributed by atoms with Gasteiger partial charge >= 0.3 is 0 Å². The van der Waals surface area contributed by atoms with Crippen LogP contribution in [-0.2, 0) is 17.8 Å². The van der Waals surface area contributed by atoms with E-state index in [-0.39, 0.29) is 5.91 Å². The Morgan fingerprint density at radius 2 is 2.25 bits per heavy atom. The lowest BCUT2D eigenvalue weighted by atomic mass is 10.1. The molecule has 2 aliphatic rings. The molecule has 0 unspecified atom stereocenters. The first-order valence-corrected chi connectivity index (χ1v) is 7.67. The Bertz CT molecular complexity index is 483. The summed E-state index contributed by atoms with van der Waals surface area (Å²) in [6.45, 7) is 2.82. The smallest absolute Gasteiger partial charge is 0.220 e. The molecule has 0 radical (unpaired) electrons. The van der Waals surface area contributed by atoms with Crippen LogP contribution < -0.4 is 16.0 Å². The van der Waals surface area contributed by atoms with Gasteiger partial charge in [-0.05, 0) is 43.4 Å². The van der Waals surface area contributed by atoms with Crippen molar-refractivity contribution >= 4 is 11.6 Å². The average molecular weight is 273 g/mol. The van der Waals surface area contributed by atoms with E-state index < -0.39 is 0 Å². The van der Waals surface area contributed by atoms with Crippen LogP contribution in [0.25, 0.3) is 0 Å². The standard InChI is InChI=1S/C16H23N3O/c20-15(19-14-6-7-14)5-2-9-17-11-13-4-1-3-12-8-10-18-16(12)13/h1,3-4,14,17-18H,2,5-11H2,(H,19,20). The molecule has 1 aliphatic carbocycles. The van der Waals surface area contributed by atoms with E-state index in [4.69, 9.17) is 0 Å². The third-order valence-corrected chi connectivity index (χ3v) is 3.95. The fourth-order valence-electron chi connectivity index (χ4n) is 2.68. The molecule has 0 atom stereocenters. The molecule has 0 spiro atoms. The van der Waals surface area contributed by atoms with Crippen LogP contribution in [0.5, 0.6) is 0 Å². The molecular formula is C16H23N3O. The zero-order chi connectivity index (χ0) is 13.8. The lowest BCUT2D eigenvalue weighted by molar-refractivity contribution is -0.121. The number of anilines is 1. The Morgan fingerprint density at radius 3 is 3.10 bits per heavy atom. The monoisotopic (exact) mass is 273 g/mol. The zero-order valence-electron chi connectivity index (χ0n) is 11.9. The molecule has 1 heterocycles. The summed E-state index contributed by atoms with van der Waals surface area (Å²) in [6, 6.07) is 6.98. The summed E-state index contributed by atoms with van der Waals surface area (Å²) < 4.78 is 0. The molecule has 20 heavy (non-hydrogen) atoms. The SMILES string of the molecule is O=C(CCCNCc1cccc2c1NCC2)NC1CC1. The number of nitrogens with one attached hydrogen (secondary N) is 3. The van der Waals surface area contributed by atoms with Crippen molar-refractivity contribution in [3.05, 3.63) is 29.3 Å². The Kier molecular flexibility index (Phi) is 4.21. The minimum atomic E-state index is 0.205. The highest BCUT2D eigenvalue weighted by Gasteiger charge is 2.22. The molecule has 4 heteroatoms. The molecule has 0 bridgehead atoms. The van der Waals surface area contributed by atoms with Gasteiger partial charge in [-0.1, -0.05) is 18.2 Å². The van der Waals surface area contributed by atoms with Crippen LogP contribution >= 0.6 is 0 Å². The number of amides is 1. The summed E-state index contributed by atoms with van der Waals surface area (Å²) in [6.07, 6.45) is 4.99. The van der Waals surface area contributed by atoms with Gasteiger partial charge in [0.2, 0.25) is 5.91 Å². The van der Waals surface area contributed by atoms with Crippen LogP contribution in [0.4, 0.5) is 5.69 Å². The Morgan fingerprint density at radius 1 is 1.35 bits per heavy atom. The van der Waals surface area contributed by atoms with Crippen molar-refractivity contribution in [2.45, 2.75) is 44.7 Å². The van der Waals surface area contributed by atoms with Gasteiger partial charge in [0.25, 0.3) is 0 Å². The molecule has 1 amide bonds. The Balaban J connectivity index is 1.35. The second-order valence-electron chi connectivity index (χ2n) is 5.75. The number of carbonyl (C=O) groups is 1. The van der Waals surface area contributed by atoms with E-state index in [1.807, 2.05) is 0 Å². The maximum Gasteiger partial charge on any atom is 0.220 e. The fraction of sp³-hybridized carbons (Fsp3) is 0.562. The van der Waals surface area contributed by atoms with Gasteiger partial charge in [-0.15, -0.1) is 0 Å². The summed E-state index contributed by atoms with van der Waals surface area (Å²) in [5.74, 6) is 0.205. The first-order chi connectivity index (χ1) is 9.83. The molecule has 1 aliphatic heterocycles. The van der Waals surface area contributed by atoms with Crippen molar-refractivity contribution in [1.29, 1.82) is 0 Å². The van der Waals surface area contributed by atoms with E-state index in [0.29, 0.717) is 12.5 Å². The highest BCUT2D eigenvalue weighted by molar-refractivity contribution is 5.76. The quantitative estimate of drug-likeness (QED) is 0.664. The van der Waals surface area contributed by atoms with E-state index >= 15 is 0 Å². The minimum absolute atomic E-state index is 0.205. The van der Waals surface area contributed by atoms with E-state index in [2.05, 4.69) is 34.1 Å². The summed E-state index contributed by atoms with van der Waals surface area (Å²) in [5, 5.41) is 9.91. The molecule has 1 fully saturated rings. The highest BCUT2D eigenvalue weighted by Crippen LogP contribution is 2.26. The molecular weight excluding hydrogens is 250 g/mol. The largest absolute Gasteiger partial charge is 0.384 e. The molecule has 108 valence electrons. The van der Waals surface area contributed by atoms with Gasteiger partial charge in [0.1, 0.15) is 0 Å². The number of para-hydroxylation sites is 1. The summed E-state index contributed by atoms with van der Waals surface area (Å²) in [5.41, 5.74) is 4.07. The van der Waals surface area contributed by atoms with Crippen LogP contribution in [-0.4, -0.2) is 25.0 Å². The van der Waals surface area contributed by atoms with Crippen molar-refractivity contribution < 1.29 is 4.79 Å². The van der Waals surface area contributed by atoms with Gasteiger partial charge in [-0.2, -0.15) is 0 Å². The number of hydrogen-bond acceptors (Lipinski definition) is 3. The van der Waals surface area contributed by atoms with Crippen LogP contribution in [0.3, 0.4) is 0 Å². The van der Waals surface area contributed by atoms with E-state index in [0.717, 1.165) is 45.3 Å². The van der Waals surface area contributed by atoms with Gasteiger partial charge in [-0.3, -0.25) is 4.79 Å². The van der Waals surface area contributed by atoms with Crippen LogP contribution in [0.2, 0.25) is 0 Å². The van der Waals surface area contributed by atoms with Gasteiger partial charge in [-0.25, -0.2) is 0 Å². The number of fused-ring (bicyclic) bond motifs is 1. The Hall–Kier alpha value is -1.55. The number of hydrogen-bond donors (Lipinski definition) is 3. The van der Waals surface area contributed by atoms with Crippen molar-refractivity contribution in [3.63, 3.8) is 0 Å². The van der Waals surface area contributed by atoms with Crippen molar-refractivity contribution in [3.8, 4) is 0 Å². The molecule has 3 N–H and O–H groups in total. The van der Waals surface area contributed by atoms with Gasteiger partial charge < -0.3 is 16.0 Å². The van der Waals surface area contributed by atoms with Crippen molar-refractivity contribution in [1.82, 2.24) is 10.6 Å². The molecule has 0 saturated heterocycles. The van der Waals surface area contributed by atoms with E-state index in [1.54, 1.807) is 0 Å². The lowest BCUT2D eigenvalue weighted by Crippen LogP contribution is -2.26. The van der Waals surface area contributed by atoms with Crippen LogP contribution in [0, 0.1) is 0 Å². The maximum absolute atomic E-state index is 11.5. The second kappa shape index (κ2) is 6.27. The predicted molar refractivity (Wildman–Crippen MR) is 80.7 cm³/mol. The third-order valence-electron chi connectivity index (χ3n) is 3.95. The first kappa shape index (κ1) is 13.4. The van der Waals surface area contributed by atoms with Crippen molar-refractivity contribution in [2.24, 2.45) is 0 Å². The minimum Gasteiger partial charge on any atom is -0.384 e. The predicted octanol–water partition coefficient (Wildman–Crippen LogP) is 1.80. The van der Waals surface area contributed by atoms with Crippen LogP contribution in [0.15, 0.2) is 18.2 Å². The highest BCUT2D eigenvalue weighted by atomic mass is 16.1. The fourth-order valence-corrected chi connectivity index (χ4v) is 2.68. The molecule has 1 aromatic carbocycles. The van der Waals surface area contributed by atoms with E-state index in [1.165, 1.54) is 16.8 Å². The van der Waals surface area contributed by atoms with E-state index in [9.17, 15) is 4.79 Å². The average Bonchev–Trinajstić information content (AvgIpc) is 3.12. The van der Waals surface area contributed by atoms with Crippen LogP contribution in [0.1, 0.15) is 36.8 Å². The van der Waals surface area contributed by atoms with Crippen molar-refractivity contribution in [2.75, 3.05) is 18.4 Å². The molecule has 1 saturated carbocycles. The summed E-state index contributed by atoms with van der Waals surface area (Å²) >= 11 is 0. The molecule has 0 aromatic heterocycles. The summed E-state index contributed by atoms with van der Waals surface area (Å²) in [7, 11) is 0. The number of carbonyl (C=O) groups excluding carboxylic acids is 1. The molecule has 3 rings (SSSR count). The molecule has 4 nitrogen and oxygen atoms in total. The maximum atomic E-state index is 11.5. The number of rotatable bonds is 7. The first-order valence-electron chi connectivity index (χ1n) is 7.67. The summed E-state index contributed by atoms with van der Waals surface area (Å²) in [4.78, 5) is 11.5. The van der Waals surface area contributed by atoms with Gasteiger partial charge in [0.05, 0.1) is 0 Å². The normalized spacial score (nSPS) is 16.6. The third kappa shape index (κ3) is 3.51. The zero-order valence-corrected chi connectivity index (χ0v) is 11.9. The lowest BCUT2D eigenvalue weighted by Gasteiger charge is -2.10. The number of benzene rings is 1. The van der Waals surface area contributed by atoms with Gasteiger partial charge in [0, 0.05) is 31.2 Å². The second-order valence-corrected chi connectivity index (χ2v) is 5.75. The Labute approximate surface area is 120 Å². The van der Waals surface area contributed by atoms with Gasteiger partial charge in [0.15, 0.2) is 0 Å². The topological polar surface area (TPSA) is 53.2 Å².